The molecule has 0 saturated heterocycles. The number of carbonyl (C=O) groups excluding carboxylic acids is 2. The average Bonchev–Trinajstić information content (AvgIpc) is 3.90. The first-order valence-corrected chi connectivity index (χ1v) is 18.1. The minimum atomic E-state index is -0.274. The van der Waals surface area contributed by atoms with E-state index < -0.39 is 0 Å². The largest absolute Gasteiger partial charge is 2.00 e. The van der Waals surface area contributed by atoms with Gasteiger partial charge in [0.1, 0.15) is 0 Å². The van der Waals surface area contributed by atoms with Crippen LogP contribution in [-0.4, -0.2) is 36.1 Å². The number of hydrogen-bond donors (Lipinski definition) is 0. The summed E-state index contributed by atoms with van der Waals surface area (Å²) in [5, 5.41) is 8.45. The van der Waals surface area contributed by atoms with E-state index in [0.717, 1.165) is 110 Å². The zero-order chi connectivity index (χ0) is 37.1. The number of carbonyl (C=O) groups is 2. The topological polar surface area (TPSA) is 107 Å². The summed E-state index contributed by atoms with van der Waals surface area (Å²) >= 11 is 0. The number of ether oxygens (including phenoxy) is 2. The predicted molar refractivity (Wildman–Crippen MR) is 216 cm³/mol. The maximum Gasteiger partial charge on any atom is 2.00 e. The third-order valence-corrected chi connectivity index (χ3v) is 10.9. The standard InChI is InChI=1S/C46H36N4O4.Cu/c1-25-29(17-19-43(51)53-3)37-23-39-33-15-13-28-10-6-8-12-32(28)46(33)42(50-39)22-36-26(2)30(18-20-44(52)54-4)38(48-36)24-40-34-16-14-27-9-5-7-11-31(27)45(34)41(49-40)21-35(25)47-37;/h5-16,21-24H,17-20H2,1-4H3;/q-2;+2. The molecule has 5 heterocycles. The average molecular weight is 772 g/mol. The maximum absolute atomic E-state index is 12.4. The molecule has 9 heteroatoms. The van der Waals surface area contributed by atoms with Crippen LogP contribution >= 0.6 is 0 Å². The van der Waals surface area contributed by atoms with Gasteiger partial charge in [-0.15, -0.1) is 22.1 Å². The fraction of sp³-hybridized carbons (Fsp3) is 0.174. The SMILES string of the molecule is COC(=O)CCC1=C(C)c2cc3[n-]c(cc4nc(cc5[n-]c(cc1n2)c1ccc2ccccc2c51)C(C)=C4CCC(=O)OC)c1ccc2ccccc2c31.[Cu+2]. The summed E-state index contributed by atoms with van der Waals surface area (Å²) in [7, 11) is 2.83. The number of methoxy groups -OCH3 is 2. The number of hydrogen-bond acceptors (Lipinski definition) is 6. The fourth-order valence-corrected chi connectivity index (χ4v) is 8.03. The first-order valence-electron chi connectivity index (χ1n) is 18.1. The second-order valence-corrected chi connectivity index (χ2v) is 13.9. The molecule has 0 saturated carbocycles. The van der Waals surface area contributed by atoms with Crippen molar-refractivity contribution in [3.8, 4) is 0 Å². The summed E-state index contributed by atoms with van der Waals surface area (Å²) in [4.78, 5) is 45.9. The van der Waals surface area contributed by atoms with E-state index in [0.29, 0.717) is 12.8 Å². The predicted octanol–water partition coefficient (Wildman–Crippen LogP) is 9.95. The number of aromatic nitrogens is 4. The Morgan fingerprint density at radius 2 is 0.927 bits per heavy atom. The molecule has 4 aromatic carbocycles. The van der Waals surface area contributed by atoms with Crippen LogP contribution in [0.3, 0.4) is 0 Å². The molecule has 9 rings (SSSR count). The molecular formula is C46H36CuN4O4. The van der Waals surface area contributed by atoms with Crippen molar-refractivity contribution in [3.05, 3.63) is 120 Å². The summed E-state index contributed by atoms with van der Waals surface area (Å²) in [5.41, 5.74) is 10.1. The number of rotatable bonds is 6. The maximum atomic E-state index is 12.4. The van der Waals surface area contributed by atoms with E-state index in [-0.39, 0.29) is 41.8 Å². The van der Waals surface area contributed by atoms with Gasteiger partial charge in [0.15, 0.2) is 0 Å². The third kappa shape index (κ3) is 6.19. The summed E-state index contributed by atoms with van der Waals surface area (Å²) in [6.07, 6.45) is 1.39. The van der Waals surface area contributed by atoms with Crippen LogP contribution in [0.25, 0.3) is 87.4 Å². The molecule has 0 N–H and O–H groups in total. The van der Waals surface area contributed by atoms with Gasteiger partial charge in [0.25, 0.3) is 0 Å². The van der Waals surface area contributed by atoms with Gasteiger partial charge in [-0.1, -0.05) is 97.1 Å². The third-order valence-electron chi connectivity index (χ3n) is 10.9. The van der Waals surface area contributed by atoms with Crippen molar-refractivity contribution < 1.29 is 36.1 Å². The van der Waals surface area contributed by atoms with Gasteiger partial charge in [-0.3, -0.25) is 9.59 Å². The van der Waals surface area contributed by atoms with Gasteiger partial charge in [0, 0.05) is 12.8 Å². The normalized spacial score (nSPS) is 12.9. The Kier molecular flexibility index (Phi) is 9.37. The summed E-state index contributed by atoms with van der Waals surface area (Å²) in [5.74, 6) is -0.549. The number of nitrogens with zero attached hydrogens (tertiary/aromatic N) is 4. The van der Waals surface area contributed by atoms with E-state index in [2.05, 4.69) is 74.5 Å². The van der Waals surface area contributed by atoms with Gasteiger partial charge in [-0.2, -0.15) is 0 Å². The van der Waals surface area contributed by atoms with Gasteiger partial charge >= 0.3 is 29.0 Å². The van der Waals surface area contributed by atoms with E-state index >= 15 is 0 Å². The van der Waals surface area contributed by atoms with Crippen molar-refractivity contribution in [3.63, 3.8) is 0 Å². The molecule has 0 spiro atoms. The fourth-order valence-electron chi connectivity index (χ4n) is 8.03. The zero-order valence-electron chi connectivity index (χ0n) is 30.8. The van der Waals surface area contributed by atoms with Crippen molar-refractivity contribution in [2.45, 2.75) is 39.5 Å². The zero-order valence-corrected chi connectivity index (χ0v) is 31.7. The number of fused-ring (bicyclic) bond motifs is 18. The van der Waals surface area contributed by atoms with E-state index in [9.17, 15) is 9.59 Å². The monoisotopic (exact) mass is 771 g/mol. The number of benzene rings is 4. The van der Waals surface area contributed by atoms with Crippen molar-refractivity contribution in [1.82, 2.24) is 19.9 Å². The van der Waals surface area contributed by atoms with E-state index in [4.69, 9.17) is 29.4 Å². The van der Waals surface area contributed by atoms with Gasteiger partial charge in [0.05, 0.1) is 37.0 Å². The molecule has 8 nitrogen and oxygen atoms in total. The summed E-state index contributed by atoms with van der Waals surface area (Å²) in [6.45, 7) is 4.11. The van der Waals surface area contributed by atoms with Crippen LogP contribution < -0.4 is 9.97 Å². The van der Waals surface area contributed by atoms with Crippen LogP contribution in [0.5, 0.6) is 0 Å². The minimum Gasteiger partial charge on any atom is -0.657 e. The van der Waals surface area contributed by atoms with Crippen LogP contribution in [0.4, 0.5) is 0 Å². The van der Waals surface area contributed by atoms with Crippen molar-refractivity contribution in [2.24, 2.45) is 0 Å². The Balaban J connectivity index is 0.00000427. The van der Waals surface area contributed by atoms with E-state index in [1.807, 2.05) is 36.4 Å². The van der Waals surface area contributed by atoms with Crippen molar-refractivity contribution in [2.75, 3.05) is 14.2 Å². The van der Waals surface area contributed by atoms with Gasteiger partial charge in [0.2, 0.25) is 0 Å². The van der Waals surface area contributed by atoms with Crippen LogP contribution in [0.2, 0.25) is 0 Å². The van der Waals surface area contributed by atoms with Gasteiger partial charge in [-0.05, 0) is 92.1 Å². The van der Waals surface area contributed by atoms with Gasteiger partial charge < -0.3 is 19.4 Å². The molecule has 0 unspecified atom stereocenters. The molecule has 0 amide bonds. The Morgan fingerprint density at radius 3 is 1.35 bits per heavy atom. The molecule has 3 aromatic heterocycles. The van der Waals surface area contributed by atoms with Crippen LogP contribution in [0, 0.1) is 0 Å². The van der Waals surface area contributed by atoms with Crippen LogP contribution in [0.1, 0.15) is 62.3 Å². The first kappa shape index (κ1) is 36.0. The molecule has 1 radical (unpaired) electrons. The number of allylic oxidation sites excluding steroid dienone is 4. The minimum absolute atomic E-state index is 0. The molecule has 0 aliphatic carbocycles. The Labute approximate surface area is 327 Å². The smallest absolute Gasteiger partial charge is 0.657 e. The molecule has 55 heavy (non-hydrogen) atoms. The molecule has 7 aromatic rings. The Bertz CT molecular complexity index is 2790. The first-order chi connectivity index (χ1) is 26.3. The van der Waals surface area contributed by atoms with E-state index in [1.165, 1.54) is 14.2 Å². The Hall–Kier alpha value is -6.02. The molecule has 8 bridgehead atoms. The molecule has 2 aliphatic rings. The van der Waals surface area contributed by atoms with Crippen molar-refractivity contribution in [1.29, 1.82) is 0 Å². The van der Waals surface area contributed by atoms with Gasteiger partial charge in [-0.25, -0.2) is 9.97 Å². The molecule has 2 aliphatic heterocycles. The van der Waals surface area contributed by atoms with Crippen molar-refractivity contribution >= 4 is 99.4 Å². The summed E-state index contributed by atoms with van der Waals surface area (Å²) < 4.78 is 10.1. The molecule has 0 fully saturated rings. The van der Waals surface area contributed by atoms with Crippen LogP contribution in [0.15, 0.2) is 97.1 Å². The number of esters is 2. The van der Waals surface area contributed by atoms with E-state index in [1.54, 1.807) is 0 Å². The Morgan fingerprint density at radius 1 is 0.527 bits per heavy atom. The molecular weight excluding hydrogens is 736 g/mol. The quantitative estimate of drug-likeness (QED) is 0.122. The summed E-state index contributed by atoms with van der Waals surface area (Å²) in [6, 6.07) is 33.3. The second-order valence-electron chi connectivity index (χ2n) is 13.9. The molecule has 0 atom stereocenters. The van der Waals surface area contributed by atoms with Crippen LogP contribution in [-0.2, 0) is 36.1 Å². The molecule has 275 valence electrons. The second kappa shape index (κ2) is 14.3.